The third kappa shape index (κ3) is 2.68. The fourth-order valence-electron chi connectivity index (χ4n) is 2.89. The number of fused-ring (bicyclic) bond motifs is 1. The largest absolute Gasteiger partial charge is 0.299 e. The van der Waals surface area contributed by atoms with Crippen LogP contribution in [0.2, 0.25) is 0 Å². The van der Waals surface area contributed by atoms with E-state index in [2.05, 4.69) is 29.4 Å². The minimum absolute atomic E-state index is 0.0950. The van der Waals surface area contributed by atoms with Gasteiger partial charge in [-0.1, -0.05) is 13.0 Å². The fraction of sp³-hybridized carbons (Fsp3) is 0.412. The highest BCUT2D eigenvalue weighted by Crippen LogP contribution is 2.35. The van der Waals surface area contributed by atoms with E-state index >= 15 is 0 Å². The van der Waals surface area contributed by atoms with Crippen molar-refractivity contribution in [3.05, 3.63) is 51.5 Å². The van der Waals surface area contributed by atoms with Crippen molar-refractivity contribution in [3.63, 3.8) is 0 Å². The van der Waals surface area contributed by atoms with Crippen LogP contribution in [-0.4, -0.2) is 10.8 Å². The van der Waals surface area contributed by atoms with Crippen LogP contribution in [-0.2, 0) is 24.1 Å². The second-order valence-corrected chi connectivity index (χ2v) is 6.40. The van der Waals surface area contributed by atoms with E-state index in [0.717, 1.165) is 31.4 Å². The first-order valence-corrected chi connectivity index (χ1v) is 8.18. The average molecular weight is 285 g/mol. The Balaban J connectivity index is 1.74. The summed E-state index contributed by atoms with van der Waals surface area (Å²) in [7, 11) is 0. The van der Waals surface area contributed by atoms with E-state index in [4.69, 9.17) is 0 Å². The zero-order valence-electron chi connectivity index (χ0n) is 11.8. The number of hydrogen-bond donors (Lipinski definition) is 0. The second-order valence-electron chi connectivity index (χ2n) is 5.40. The van der Waals surface area contributed by atoms with E-state index in [9.17, 15) is 4.79 Å². The van der Waals surface area contributed by atoms with Crippen LogP contribution in [0.3, 0.4) is 0 Å². The maximum atomic E-state index is 12.5. The molecule has 2 heterocycles. The average Bonchev–Trinajstić information content (AvgIpc) is 2.96. The van der Waals surface area contributed by atoms with Gasteiger partial charge < -0.3 is 0 Å². The van der Waals surface area contributed by atoms with Gasteiger partial charge in [0.15, 0.2) is 0 Å². The predicted molar refractivity (Wildman–Crippen MR) is 82.3 cm³/mol. The summed E-state index contributed by atoms with van der Waals surface area (Å²) < 4.78 is 0. The number of Topliss-reactive ketones (excluding diaryl/α,β-unsaturated/α-hetero) is 1. The lowest BCUT2D eigenvalue weighted by Crippen LogP contribution is -2.19. The van der Waals surface area contributed by atoms with Gasteiger partial charge in [0.2, 0.25) is 0 Å². The highest BCUT2D eigenvalue weighted by atomic mass is 32.1. The molecule has 0 radical (unpaired) electrons. The Morgan fingerprint density at radius 1 is 1.40 bits per heavy atom. The summed E-state index contributed by atoms with van der Waals surface area (Å²) in [6.45, 7) is 2.11. The Labute approximate surface area is 123 Å². The van der Waals surface area contributed by atoms with E-state index in [1.165, 1.54) is 16.0 Å². The number of nitrogens with zero attached hydrogens (tertiary/aromatic N) is 1. The van der Waals surface area contributed by atoms with Crippen molar-refractivity contribution >= 4 is 17.1 Å². The van der Waals surface area contributed by atoms with E-state index in [-0.39, 0.29) is 5.92 Å². The van der Waals surface area contributed by atoms with Crippen molar-refractivity contribution in [2.75, 3.05) is 0 Å². The molecule has 0 aliphatic heterocycles. The standard InChI is InChI=1S/C17H19NOS/c1-2-12-6-7-13(18-11-12)10-16(19)14-4-3-5-17-15(14)8-9-20-17/h6-9,11,14H,2-5,10H2,1H3. The van der Waals surface area contributed by atoms with Crippen LogP contribution in [0.15, 0.2) is 29.8 Å². The molecule has 2 nitrogen and oxygen atoms in total. The molecule has 0 saturated carbocycles. The van der Waals surface area contributed by atoms with Crippen molar-refractivity contribution in [1.29, 1.82) is 0 Å². The number of ketones is 1. The van der Waals surface area contributed by atoms with Gasteiger partial charge in [-0.05, 0) is 54.3 Å². The minimum atomic E-state index is 0.0950. The van der Waals surface area contributed by atoms with Crippen molar-refractivity contribution in [2.24, 2.45) is 0 Å². The Bertz CT molecular complexity index is 600. The molecule has 0 saturated heterocycles. The van der Waals surface area contributed by atoms with Crippen LogP contribution in [0.1, 0.15) is 47.4 Å². The van der Waals surface area contributed by atoms with Gasteiger partial charge in [-0.15, -0.1) is 11.3 Å². The van der Waals surface area contributed by atoms with Gasteiger partial charge >= 0.3 is 0 Å². The number of carbonyl (C=O) groups is 1. The van der Waals surface area contributed by atoms with Crippen LogP contribution >= 0.6 is 11.3 Å². The Morgan fingerprint density at radius 2 is 2.30 bits per heavy atom. The lowest BCUT2D eigenvalue weighted by atomic mass is 9.83. The molecular weight excluding hydrogens is 266 g/mol. The van der Waals surface area contributed by atoms with E-state index in [1.807, 2.05) is 12.3 Å². The highest BCUT2D eigenvalue weighted by Gasteiger charge is 2.27. The Hall–Kier alpha value is -1.48. The van der Waals surface area contributed by atoms with Gasteiger partial charge in [0.25, 0.3) is 0 Å². The fourth-order valence-corrected chi connectivity index (χ4v) is 3.88. The lowest BCUT2D eigenvalue weighted by Gasteiger charge is -2.21. The summed E-state index contributed by atoms with van der Waals surface area (Å²) in [6, 6.07) is 6.20. The molecule has 1 aliphatic carbocycles. The third-order valence-electron chi connectivity index (χ3n) is 4.09. The number of aromatic nitrogens is 1. The quantitative estimate of drug-likeness (QED) is 0.851. The van der Waals surface area contributed by atoms with Crippen LogP contribution in [0.25, 0.3) is 0 Å². The molecule has 0 aromatic carbocycles. The van der Waals surface area contributed by atoms with Crippen molar-refractivity contribution < 1.29 is 4.79 Å². The highest BCUT2D eigenvalue weighted by molar-refractivity contribution is 7.10. The number of thiophene rings is 1. The lowest BCUT2D eigenvalue weighted by molar-refractivity contribution is -0.120. The molecule has 2 aromatic rings. The van der Waals surface area contributed by atoms with Crippen LogP contribution in [0.4, 0.5) is 0 Å². The third-order valence-corrected chi connectivity index (χ3v) is 5.09. The van der Waals surface area contributed by atoms with Crippen molar-refractivity contribution in [2.45, 2.75) is 44.9 Å². The van der Waals surface area contributed by atoms with E-state index in [0.29, 0.717) is 12.2 Å². The molecule has 20 heavy (non-hydrogen) atoms. The van der Waals surface area contributed by atoms with Gasteiger partial charge in [-0.3, -0.25) is 9.78 Å². The van der Waals surface area contributed by atoms with E-state index in [1.54, 1.807) is 11.3 Å². The molecule has 0 fully saturated rings. The van der Waals surface area contributed by atoms with Crippen molar-refractivity contribution in [3.8, 4) is 0 Å². The topological polar surface area (TPSA) is 30.0 Å². The summed E-state index contributed by atoms with van der Waals surface area (Å²) in [6.07, 6.45) is 6.60. The first kappa shape index (κ1) is 13.5. The summed E-state index contributed by atoms with van der Waals surface area (Å²) in [5, 5.41) is 2.12. The summed E-state index contributed by atoms with van der Waals surface area (Å²) in [5.74, 6) is 0.416. The van der Waals surface area contributed by atoms with Crippen LogP contribution in [0, 0.1) is 0 Å². The van der Waals surface area contributed by atoms with Crippen molar-refractivity contribution in [1.82, 2.24) is 4.98 Å². The zero-order chi connectivity index (χ0) is 13.9. The number of carbonyl (C=O) groups excluding carboxylic acids is 1. The number of aryl methyl sites for hydroxylation is 2. The smallest absolute Gasteiger partial charge is 0.146 e. The summed E-state index contributed by atoms with van der Waals surface area (Å²) >= 11 is 1.79. The maximum Gasteiger partial charge on any atom is 0.146 e. The van der Waals surface area contributed by atoms with Gasteiger partial charge in [-0.25, -0.2) is 0 Å². The summed E-state index contributed by atoms with van der Waals surface area (Å²) in [4.78, 5) is 18.4. The second kappa shape index (κ2) is 5.88. The molecule has 0 spiro atoms. The molecule has 1 atom stereocenters. The van der Waals surface area contributed by atoms with Crippen LogP contribution in [0.5, 0.6) is 0 Å². The first-order chi connectivity index (χ1) is 9.78. The minimum Gasteiger partial charge on any atom is -0.299 e. The van der Waals surface area contributed by atoms with Gasteiger partial charge in [0.05, 0.1) is 0 Å². The monoisotopic (exact) mass is 285 g/mol. The molecule has 0 bridgehead atoms. The Kier molecular flexibility index (Phi) is 3.97. The number of rotatable bonds is 4. The van der Waals surface area contributed by atoms with E-state index < -0.39 is 0 Å². The maximum absolute atomic E-state index is 12.5. The normalized spacial score (nSPS) is 17.8. The zero-order valence-corrected chi connectivity index (χ0v) is 12.6. The molecule has 0 amide bonds. The van der Waals surface area contributed by atoms with Gasteiger partial charge in [0, 0.05) is 29.1 Å². The van der Waals surface area contributed by atoms with Crippen LogP contribution < -0.4 is 0 Å². The molecule has 0 N–H and O–H groups in total. The molecular formula is C17H19NOS. The molecule has 3 heteroatoms. The molecule has 1 aliphatic rings. The number of hydrogen-bond acceptors (Lipinski definition) is 3. The molecule has 2 aromatic heterocycles. The molecule has 1 unspecified atom stereocenters. The van der Waals surface area contributed by atoms with Gasteiger partial charge in [0.1, 0.15) is 5.78 Å². The summed E-state index contributed by atoms with van der Waals surface area (Å²) in [5.41, 5.74) is 3.39. The molecule has 104 valence electrons. The predicted octanol–water partition coefficient (Wildman–Crippen LogP) is 3.94. The SMILES string of the molecule is CCc1ccc(CC(=O)C2CCCc3sccc32)nc1. The Morgan fingerprint density at radius 3 is 3.05 bits per heavy atom. The molecule has 3 rings (SSSR count). The number of pyridine rings is 1. The van der Waals surface area contributed by atoms with Gasteiger partial charge in [-0.2, -0.15) is 0 Å². The first-order valence-electron chi connectivity index (χ1n) is 7.30.